The van der Waals surface area contributed by atoms with Gasteiger partial charge in [-0.15, -0.1) is 0 Å². The number of carbonyl (C=O) groups is 1. The van der Waals surface area contributed by atoms with Crippen LogP contribution in [0.2, 0.25) is 0 Å². The van der Waals surface area contributed by atoms with Crippen molar-refractivity contribution in [3.05, 3.63) is 16.9 Å². The molecule has 1 aromatic rings. The minimum atomic E-state index is 0.172. The summed E-state index contributed by atoms with van der Waals surface area (Å²) >= 11 is 3.43. The maximum Gasteiger partial charge on any atom is 0.226 e. The Labute approximate surface area is 134 Å². The quantitative estimate of drug-likeness (QED) is 0.904. The summed E-state index contributed by atoms with van der Waals surface area (Å²) in [7, 11) is 0. The molecule has 2 N–H and O–H groups in total. The molecule has 6 heteroatoms. The number of nitrogens with zero attached hydrogens (tertiary/aromatic N) is 3. The Kier molecular flexibility index (Phi) is 4.64. The Bertz CT molecular complexity index is 496. The molecule has 2 atom stereocenters. The molecule has 2 fully saturated rings. The van der Waals surface area contributed by atoms with E-state index in [1.807, 2.05) is 22.0 Å². The van der Waals surface area contributed by atoms with Gasteiger partial charge in [-0.25, -0.2) is 0 Å². The molecule has 0 unspecified atom stereocenters. The van der Waals surface area contributed by atoms with Crippen LogP contribution < -0.4 is 5.73 Å². The monoisotopic (exact) mass is 354 g/mol. The molecule has 1 aliphatic carbocycles. The molecule has 0 aromatic carbocycles. The van der Waals surface area contributed by atoms with Crippen LogP contribution in [-0.2, 0) is 4.79 Å². The lowest BCUT2D eigenvalue weighted by atomic mass is 9.93. The van der Waals surface area contributed by atoms with Gasteiger partial charge in [0.1, 0.15) is 0 Å². The third kappa shape index (κ3) is 3.16. The first-order valence-electron chi connectivity index (χ1n) is 7.87. The van der Waals surface area contributed by atoms with Crippen molar-refractivity contribution in [1.82, 2.24) is 14.7 Å². The summed E-state index contributed by atoms with van der Waals surface area (Å²) in [6, 6.07) is 0.411. The van der Waals surface area contributed by atoms with Crippen molar-refractivity contribution in [2.24, 2.45) is 17.6 Å². The molecule has 0 spiro atoms. The van der Waals surface area contributed by atoms with Crippen LogP contribution in [-0.4, -0.2) is 40.2 Å². The van der Waals surface area contributed by atoms with Gasteiger partial charge in [-0.2, -0.15) is 5.10 Å². The summed E-state index contributed by atoms with van der Waals surface area (Å²) in [5.74, 6) is 0.908. The van der Waals surface area contributed by atoms with Crippen LogP contribution in [0.5, 0.6) is 0 Å². The van der Waals surface area contributed by atoms with Crippen LogP contribution in [0.15, 0.2) is 16.9 Å². The number of piperidine rings is 1. The summed E-state index contributed by atoms with van der Waals surface area (Å²) in [6.45, 7) is 2.33. The topological polar surface area (TPSA) is 64.2 Å². The Morgan fingerprint density at radius 3 is 2.71 bits per heavy atom. The van der Waals surface area contributed by atoms with Crippen molar-refractivity contribution in [2.75, 3.05) is 19.6 Å². The molecule has 0 bridgehead atoms. The van der Waals surface area contributed by atoms with Gasteiger partial charge in [0, 0.05) is 25.2 Å². The first-order valence-corrected chi connectivity index (χ1v) is 8.67. The standard InChI is InChI=1S/C15H23BrN4O/c16-12-9-18-20(10-12)13-4-6-19(7-5-13)15(21)14-3-1-2-11(14)8-17/h9-11,13-14H,1-8,17H2/t11-,14-/m1/s1. The molecule has 0 radical (unpaired) electrons. The lowest BCUT2D eigenvalue weighted by Crippen LogP contribution is -2.43. The van der Waals surface area contributed by atoms with Gasteiger partial charge in [0.2, 0.25) is 5.91 Å². The Morgan fingerprint density at radius 1 is 1.33 bits per heavy atom. The van der Waals surface area contributed by atoms with E-state index < -0.39 is 0 Å². The summed E-state index contributed by atoms with van der Waals surface area (Å²) in [6.07, 6.45) is 9.10. The minimum Gasteiger partial charge on any atom is -0.342 e. The molecule has 116 valence electrons. The largest absolute Gasteiger partial charge is 0.342 e. The van der Waals surface area contributed by atoms with Crippen LogP contribution in [0, 0.1) is 11.8 Å². The molecule has 1 saturated heterocycles. The van der Waals surface area contributed by atoms with E-state index in [1.54, 1.807) is 0 Å². The molecule has 1 amide bonds. The molecular weight excluding hydrogens is 332 g/mol. The van der Waals surface area contributed by atoms with Crippen molar-refractivity contribution >= 4 is 21.8 Å². The fraction of sp³-hybridized carbons (Fsp3) is 0.733. The molecule has 1 saturated carbocycles. The second-order valence-electron chi connectivity index (χ2n) is 6.23. The first kappa shape index (κ1) is 15.0. The number of aromatic nitrogens is 2. The molecular formula is C15H23BrN4O. The van der Waals surface area contributed by atoms with Gasteiger partial charge >= 0.3 is 0 Å². The summed E-state index contributed by atoms with van der Waals surface area (Å²) < 4.78 is 3.03. The van der Waals surface area contributed by atoms with Gasteiger partial charge in [0.15, 0.2) is 0 Å². The van der Waals surface area contributed by atoms with Crippen molar-refractivity contribution < 1.29 is 4.79 Å². The van der Waals surface area contributed by atoms with Crippen molar-refractivity contribution in [3.8, 4) is 0 Å². The van der Waals surface area contributed by atoms with E-state index >= 15 is 0 Å². The van der Waals surface area contributed by atoms with Gasteiger partial charge < -0.3 is 10.6 Å². The SMILES string of the molecule is NC[C@H]1CCC[C@H]1C(=O)N1CCC(n2cc(Br)cn2)CC1. The molecule has 2 aliphatic rings. The summed E-state index contributed by atoms with van der Waals surface area (Å²) in [5.41, 5.74) is 5.81. The second kappa shape index (κ2) is 6.48. The molecule has 21 heavy (non-hydrogen) atoms. The van der Waals surface area contributed by atoms with E-state index in [1.165, 1.54) is 0 Å². The number of hydrogen-bond acceptors (Lipinski definition) is 3. The fourth-order valence-electron chi connectivity index (χ4n) is 3.74. The normalized spacial score (nSPS) is 27.2. The smallest absolute Gasteiger partial charge is 0.226 e. The molecule has 1 aromatic heterocycles. The highest BCUT2D eigenvalue weighted by Gasteiger charge is 2.36. The zero-order chi connectivity index (χ0) is 14.8. The first-order chi connectivity index (χ1) is 10.2. The number of likely N-dealkylation sites (tertiary alicyclic amines) is 1. The van der Waals surface area contributed by atoms with Crippen LogP contribution in [0.3, 0.4) is 0 Å². The van der Waals surface area contributed by atoms with Gasteiger partial charge in [0.25, 0.3) is 0 Å². The highest BCUT2D eigenvalue weighted by atomic mass is 79.9. The number of carbonyl (C=O) groups excluding carboxylic acids is 1. The fourth-order valence-corrected chi connectivity index (χ4v) is 4.05. The number of amides is 1. The van der Waals surface area contributed by atoms with Crippen LogP contribution >= 0.6 is 15.9 Å². The van der Waals surface area contributed by atoms with Crippen LogP contribution in [0.25, 0.3) is 0 Å². The lowest BCUT2D eigenvalue weighted by Gasteiger charge is -2.34. The van der Waals surface area contributed by atoms with Gasteiger partial charge in [-0.05, 0) is 54.1 Å². The number of nitrogens with two attached hydrogens (primary N) is 1. The highest BCUT2D eigenvalue weighted by Crippen LogP contribution is 2.34. The lowest BCUT2D eigenvalue weighted by molar-refractivity contribution is -0.138. The van der Waals surface area contributed by atoms with Crippen molar-refractivity contribution in [1.29, 1.82) is 0 Å². The van der Waals surface area contributed by atoms with E-state index in [9.17, 15) is 4.79 Å². The molecule has 2 heterocycles. The zero-order valence-corrected chi connectivity index (χ0v) is 13.8. The average Bonchev–Trinajstić information content (AvgIpc) is 3.15. The number of hydrogen-bond donors (Lipinski definition) is 1. The van der Waals surface area contributed by atoms with Gasteiger partial charge in [-0.3, -0.25) is 9.48 Å². The summed E-state index contributed by atoms with van der Waals surface area (Å²) in [4.78, 5) is 14.7. The van der Waals surface area contributed by atoms with Gasteiger partial charge in [0.05, 0.1) is 16.7 Å². The highest BCUT2D eigenvalue weighted by molar-refractivity contribution is 9.10. The van der Waals surface area contributed by atoms with E-state index in [4.69, 9.17) is 5.73 Å². The maximum atomic E-state index is 12.7. The predicted molar refractivity (Wildman–Crippen MR) is 84.7 cm³/mol. The Balaban J connectivity index is 1.57. The van der Waals surface area contributed by atoms with Crippen LogP contribution in [0.4, 0.5) is 0 Å². The third-order valence-electron chi connectivity index (χ3n) is 5.00. The van der Waals surface area contributed by atoms with Gasteiger partial charge in [-0.1, -0.05) is 6.42 Å². The summed E-state index contributed by atoms with van der Waals surface area (Å²) in [5, 5.41) is 4.36. The third-order valence-corrected chi connectivity index (χ3v) is 5.41. The zero-order valence-electron chi connectivity index (χ0n) is 12.2. The predicted octanol–water partition coefficient (Wildman–Crippen LogP) is 2.18. The van der Waals surface area contributed by atoms with E-state index in [0.29, 0.717) is 24.4 Å². The second-order valence-corrected chi connectivity index (χ2v) is 7.14. The minimum absolute atomic E-state index is 0.172. The Hall–Kier alpha value is -0.880. The molecule has 3 rings (SSSR count). The van der Waals surface area contributed by atoms with E-state index in [0.717, 1.165) is 49.7 Å². The molecule has 1 aliphatic heterocycles. The molecule has 5 nitrogen and oxygen atoms in total. The maximum absolute atomic E-state index is 12.7. The van der Waals surface area contributed by atoms with Crippen molar-refractivity contribution in [3.63, 3.8) is 0 Å². The van der Waals surface area contributed by atoms with E-state index in [2.05, 4.69) is 21.0 Å². The number of rotatable bonds is 3. The van der Waals surface area contributed by atoms with Crippen molar-refractivity contribution in [2.45, 2.75) is 38.1 Å². The number of halogens is 1. The van der Waals surface area contributed by atoms with E-state index in [-0.39, 0.29) is 5.92 Å². The van der Waals surface area contributed by atoms with Crippen LogP contribution in [0.1, 0.15) is 38.1 Å². The average molecular weight is 355 g/mol. The Morgan fingerprint density at radius 2 is 2.10 bits per heavy atom.